The average molecular weight is 866 g/mol. The molecule has 0 fully saturated rings. The van der Waals surface area contributed by atoms with Crippen molar-refractivity contribution in [1.29, 1.82) is 0 Å². The van der Waals surface area contributed by atoms with Crippen molar-refractivity contribution in [2.45, 2.75) is 238 Å². The highest BCUT2D eigenvalue weighted by Gasteiger charge is 2.26. The summed E-state index contributed by atoms with van der Waals surface area (Å²) >= 11 is 0. The number of methoxy groups -OCH3 is 1. The second kappa shape index (κ2) is 46.0. The molecule has 59 heavy (non-hydrogen) atoms. The number of rotatable bonds is 46. The van der Waals surface area contributed by atoms with Gasteiger partial charge in [0.15, 0.2) is 6.10 Å². The van der Waals surface area contributed by atoms with E-state index in [-0.39, 0.29) is 58.3 Å². The van der Waals surface area contributed by atoms with Crippen LogP contribution < -0.4 is 6.15 Å². The first kappa shape index (κ1) is 59.5. The third-order valence-corrected chi connectivity index (χ3v) is 11.4. The summed E-state index contributed by atoms with van der Waals surface area (Å²) in [5.74, 6) is -1.34. The van der Waals surface area contributed by atoms with Crippen LogP contribution in [0.2, 0.25) is 0 Å². The number of carbonyl (C=O) groups excluding carboxylic acids is 3. The van der Waals surface area contributed by atoms with Crippen molar-refractivity contribution in [3.63, 3.8) is 0 Å². The van der Waals surface area contributed by atoms with Gasteiger partial charge in [0.1, 0.15) is 13.2 Å². The van der Waals surface area contributed by atoms with Crippen LogP contribution in [-0.2, 0) is 46.9 Å². The number of hydrogen-bond donors (Lipinski definition) is 2. The van der Waals surface area contributed by atoms with Crippen molar-refractivity contribution in [3.8, 4) is 0 Å². The van der Waals surface area contributed by atoms with Crippen molar-refractivity contribution in [1.82, 2.24) is 6.15 Å². The van der Waals surface area contributed by atoms with Gasteiger partial charge >= 0.3 is 25.7 Å². The van der Waals surface area contributed by atoms with Gasteiger partial charge in [0, 0.05) is 26.4 Å². The average Bonchev–Trinajstić information content (AvgIpc) is 3.20. The van der Waals surface area contributed by atoms with Gasteiger partial charge in [-0.25, -0.2) is 4.57 Å². The molecule has 352 valence electrons. The maximum absolute atomic E-state index is 12.7. The van der Waals surface area contributed by atoms with Gasteiger partial charge in [0.25, 0.3) is 0 Å². The second-order valence-corrected chi connectivity index (χ2v) is 17.6. The van der Waals surface area contributed by atoms with E-state index in [4.69, 9.17) is 28.0 Å². The minimum Gasteiger partial charge on any atom is -0.463 e. The van der Waals surface area contributed by atoms with Crippen molar-refractivity contribution >= 4 is 25.7 Å². The van der Waals surface area contributed by atoms with Crippen LogP contribution in [0.5, 0.6) is 0 Å². The molecule has 0 aromatic heterocycles. The van der Waals surface area contributed by atoms with Gasteiger partial charge in [-0.1, -0.05) is 194 Å². The Kier molecular flexibility index (Phi) is 46.4. The highest BCUT2D eigenvalue weighted by molar-refractivity contribution is 7.47. The first-order valence-electron chi connectivity index (χ1n) is 23.9. The van der Waals surface area contributed by atoms with E-state index in [9.17, 15) is 23.8 Å². The Morgan fingerprint density at radius 1 is 0.441 bits per heavy atom. The Morgan fingerprint density at radius 2 is 0.797 bits per heavy atom. The van der Waals surface area contributed by atoms with E-state index >= 15 is 0 Å². The standard InChI is InChI=1S/C46H89O11P.H3N/c1-4-6-8-10-12-14-16-18-20-22-24-26-28-30-32-35-45(48)54-41-43(42-56-58(50,51)55-38-34-37-44(47)53-40-39-52-3)57-46(49)36-33-31-29-27-25-23-21-19-17-15-13-11-9-7-5-2;/h43H,4-42H2,1-3H3,(H,50,51);1H3. The molecule has 2 unspecified atom stereocenters. The van der Waals surface area contributed by atoms with Crippen molar-refractivity contribution < 1.29 is 51.8 Å². The van der Waals surface area contributed by atoms with Crippen LogP contribution in [0.25, 0.3) is 0 Å². The van der Waals surface area contributed by atoms with Crippen LogP contribution >= 0.6 is 7.82 Å². The van der Waals surface area contributed by atoms with Crippen molar-refractivity contribution in [2.75, 3.05) is 40.1 Å². The molecule has 4 N–H and O–H groups in total. The fourth-order valence-electron chi connectivity index (χ4n) is 6.82. The first-order valence-corrected chi connectivity index (χ1v) is 25.3. The molecule has 2 atom stereocenters. The summed E-state index contributed by atoms with van der Waals surface area (Å²) in [5, 5.41) is 0. The quantitative estimate of drug-likeness (QED) is 0.0256. The summed E-state index contributed by atoms with van der Waals surface area (Å²) < 4.78 is 43.4. The van der Waals surface area contributed by atoms with Crippen molar-refractivity contribution in [2.24, 2.45) is 0 Å². The molecule has 0 aliphatic carbocycles. The number of ether oxygens (including phenoxy) is 4. The monoisotopic (exact) mass is 866 g/mol. The van der Waals surface area contributed by atoms with E-state index in [1.165, 1.54) is 155 Å². The molecule has 0 spiro atoms. The fourth-order valence-corrected chi connectivity index (χ4v) is 7.61. The lowest BCUT2D eigenvalue weighted by molar-refractivity contribution is -0.161. The Bertz CT molecular complexity index is 987. The first-order chi connectivity index (χ1) is 28.2. The summed E-state index contributed by atoms with van der Waals surface area (Å²) in [4.78, 5) is 47.2. The Balaban J connectivity index is 0. The molecule has 0 saturated carbocycles. The predicted molar refractivity (Wildman–Crippen MR) is 239 cm³/mol. The lowest BCUT2D eigenvalue weighted by Gasteiger charge is -2.20. The van der Waals surface area contributed by atoms with Gasteiger partial charge in [-0.15, -0.1) is 0 Å². The van der Waals surface area contributed by atoms with E-state index in [1.54, 1.807) is 0 Å². The van der Waals surface area contributed by atoms with Gasteiger partial charge in [-0.05, 0) is 19.3 Å². The molecule has 0 aliphatic heterocycles. The molecule has 0 heterocycles. The van der Waals surface area contributed by atoms with Gasteiger partial charge in [-0.2, -0.15) is 0 Å². The fraction of sp³-hybridized carbons (Fsp3) is 0.935. The molecule has 0 aromatic carbocycles. The van der Waals surface area contributed by atoms with Crippen LogP contribution in [0.1, 0.15) is 232 Å². The van der Waals surface area contributed by atoms with E-state index in [0.29, 0.717) is 6.42 Å². The maximum atomic E-state index is 12.7. The Labute approximate surface area is 361 Å². The van der Waals surface area contributed by atoms with Crippen LogP contribution in [0.4, 0.5) is 0 Å². The molecule has 0 saturated heterocycles. The van der Waals surface area contributed by atoms with Gasteiger partial charge in [0.05, 0.1) is 19.8 Å². The summed E-state index contributed by atoms with van der Waals surface area (Å²) in [5.41, 5.74) is 0. The van der Waals surface area contributed by atoms with Crippen molar-refractivity contribution in [3.05, 3.63) is 0 Å². The molecule has 0 bridgehead atoms. The number of phosphoric acid groups is 1. The molecule has 0 radical (unpaired) electrons. The smallest absolute Gasteiger partial charge is 0.463 e. The van der Waals surface area contributed by atoms with Crippen LogP contribution in [-0.4, -0.2) is 69.0 Å². The largest absolute Gasteiger partial charge is 0.472 e. The summed E-state index contributed by atoms with van der Waals surface area (Å²) in [7, 11) is -3.03. The normalized spacial score (nSPS) is 12.7. The number of esters is 3. The predicted octanol–water partition coefficient (Wildman–Crippen LogP) is 13.2. The highest BCUT2D eigenvalue weighted by atomic mass is 31.2. The lowest BCUT2D eigenvalue weighted by atomic mass is 10.0. The number of hydrogen-bond acceptors (Lipinski definition) is 11. The second-order valence-electron chi connectivity index (χ2n) is 16.1. The van der Waals surface area contributed by atoms with Gasteiger partial charge in [0.2, 0.25) is 0 Å². The lowest BCUT2D eigenvalue weighted by Crippen LogP contribution is -2.29. The van der Waals surface area contributed by atoms with Crippen LogP contribution in [0.15, 0.2) is 0 Å². The third-order valence-electron chi connectivity index (χ3n) is 10.5. The third kappa shape index (κ3) is 45.8. The molecular formula is C46H92NO11P. The molecule has 12 nitrogen and oxygen atoms in total. The van der Waals surface area contributed by atoms with Gasteiger partial charge < -0.3 is 30.0 Å². The summed E-state index contributed by atoms with van der Waals surface area (Å²) in [6.45, 7) is 3.93. The molecule has 13 heteroatoms. The van der Waals surface area contributed by atoms with E-state index in [1.807, 2.05) is 0 Å². The topological polar surface area (TPSA) is 179 Å². The molecular weight excluding hydrogens is 773 g/mol. The SMILES string of the molecule is CCCCCCCCCCCCCCCCCC(=O)OCC(COP(=O)(O)OCCCC(=O)OCCOC)OC(=O)CCCCCCCCCCCCCCCCC.N. The van der Waals surface area contributed by atoms with Gasteiger partial charge in [-0.3, -0.25) is 23.4 Å². The van der Waals surface area contributed by atoms with E-state index < -0.39 is 38.4 Å². The van der Waals surface area contributed by atoms with E-state index in [2.05, 4.69) is 13.8 Å². The van der Waals surface area contributed by atoms with Crippen LogP contribution in [0.3, 0.4) is 0 Å². The molecule has 0 aliphatic rings. The summed E-state index contributed by atoms with van der Waals surface area (Å²) in [6, 6.07) is 0. The molecule has 0 amide bonds. The molecule has 0 aromatic rings. The minimum atomic E-state index is -4.53. The zero-order chi connectivity index (χ0) is 42.6. The minimum absolute atomic E-state index is 0. The Morgan fingerprint density at radius 3 is 1.20 bits per heavy atom. The number of carbonyl (C=O) groups is 3. The van der Waals surface area contributed by atoms with Crippen LogP contribution in [0, 0.1) is 0 Å². The summed E-state index contributed by atoms with van der Waals surface area (Å²) in [6.07, 6.45) is 36.5. The molecule has 0 rings (SSSR count). The number of phosphoric ester groups is 1. The zero-order valence-electron chi connectivity index (χ0n) is 38.3. The van der Waals surface area contributed by atoms with E-state index in [0.717, 1.165) is 38.5 Å². The highest BCUT2D eigenvalue weighted by Crippen LogP contribution is 2.43. The maximum Gasteiger partial charge on any atom is 0.472 e. The number of unbranched alkanes of at least 4 members (excludes halogenated alkanes) is 28. The zero-order valence-corrected chi connectivity index (χ0v) is 39.2. The Hall–Kier alpha value is -1.56.